The Hall–Kier alpha value is -1.33. The van der Waals surface area contributed by atoms with Crippen molar-refractivity contribution in [1.29, 1.82) is 0 Å². The van der Waals surface area contributed by atoms with Gasteiger partial charge in [-0.2, -0.15) is 0 Å². The number of ether oxygens (including phenoxy) is 1. The molecule has 0 aliphatic carbocycles. The smallest absolute Gasteiger partial charge is 0.133 e. The predicted molar refractivity (Wildman–Crippen MR) is 66.2 cm³/mol. The van der Waals surface area contributed by atoms with E-state index in [4.69, 9.17) is 10.5 Å². The number of halogens is 1. The maximum Gasteiger partial charge on any atom is 0.133 e. The van der Waals surface area contributed by atoms with Crippen molar-refractivity contribution in [3.8, 4) is 17.0 Å². The van der Waals surface area contributed by atoms with E-state index in [1.165, 1.54) is 0 Å². The molecule has 0 radical (unpaired) electrons. The molecular formula is C11H12BrN3O. The Balaban J connectivity index is 2.45. The summed E-state index contributed by atoms with van der Waals surface area (Å²) in [5, 5.41) is 0. The van der Waals surface area contributed by atoms with E-state index in [-0.39, 0.29) is 0 Å². The van der Waals surface area contributed by atoms with E-state index in [2.05, 4.69) is 25.9 Å². The van der Waals surface area contributed by atoms with Crippen LogP contribution in [0.1, 0.15) is 5.69 Å². The molecule has 1 aromatic heterocycles. The van der Waals surface area contributed by atoms with E-state index < -0.39 is 0 Å². The Bertz CT molecular complexity index is 496. The van der Waals surface area contributed by atoms with Crippen LogP contribution in [0.4, 0.5) is 0 Å². The second-order valence-corrected chi connectivity index (χ2v) is 4.14. The summed E-state index contributed by atoms with van der Waals surface area (Å²) in [4.78, 5) is 7.28. The largest absolute Gasteiger partial charge is 0.496 e. The average Bonchev–Trinajstić information content (AvgIpc) is 2.77. The molecule has 3 N–H and O–H groups in total. The van der Waals surface area contributed by atoms with Gasteiger partial charge < -0.3 is 15.5 Å². The molecule has 0 saturated carbocycles. The molecule has 0 aliphatic heterocycles. The highest BCUT2D eigenvalue weighted by atomic mass is 79.9. The molecule has 0 saturated heterocycles. The van der Waals surface area contributed by atoms with Crippen LogP contribution in [0.25, 0.3) is 11.3 Å². The number of imidazole rings is 1. The first-order chi connectivity index (χ1) is 7.76. The highest BCUT2D eigenvalue weighted by molar-refractivity contribution is 9.10. The minimum absolute atomic E-state index is 0.443. The molecule has 0 atom stereocenters. The van der Waals surface area contributed by atoms with Gasteiger partial charge in [0.15, 0.2) is 0 Å². The van der Waals surface area contributed by atoms with Crippen molar-refractivity contribution in [1.82, 2.24) is 9.97 Å². The number of benzene rings is 1. The van der Waals surface area contributed by atoms with Gasteiger partial charge in [-0.25, -0.2) is 4.98 Å². The summed E-state index contributed by atoms with van der Waals surface area (Å²) < 4.78 is 6.08. The van der Waals surface area contributed by atoms with Crippen LogP contribution >= 0.6 is 15.9 Å². The van der Waals surface area contributed by atoms with Crippen molar-refractivity contribution in [2.75, 3.05) is 7.11 Å². The maximum atomic E-state index is 5.62. The number of nitrogens with one attached hydrogen (secondary N) is 1. The van der Waals surface area contributed by atoms with Gasteiger partial charge in [-0.1, -0.05) is 0 Å². The zero-order valence-corrected chi connectivity index (χ0v) is 10.4. The number of aromatic amines is 1. The fraction of sp³-hybridized carbons (Fsp3) is 0.182. The highest BCUT2D eigenvalue weighted by Gasteiger charge is 2.09. The summed E-state index contributed by atoms with van der Waals surface area (Å²) in [5.41, 5.74) is 8.44. The van der Waals surface area contributed by atoms with Crippen molar-refractivity contribution < 1.29 is 4.74 Å². The lowest BCUT2D eigenvalue weighted by Gasteiger charge is -2.05. The SMILES string of the molecule is COc1ccc(-c2nc[nH]c2CN)cc1Br. The van der Waals surface area contributed by atoms with Crippen LogP contribution in [-0.4, -0.2) is 17.1 Å². The molecule has 4 nitrogen and oxygen atoms in total. The van der Waals surface area contributed by atoms with E-state index in [1.54, 1.807) is 13.4 Å². The third-order valence-corrected chi connectivity index (χ3v) is 2.97. The summed E-state index contributed by atoms with van der Waals surface area (Å²) in [6, 6.07) is 5.82. The van der Waals surface area contributed by atoms with Crippen LogP contribution in [-0.2, 0) is 6.54 Å². The molecule has 0 unspecified atom stereocenters. The molecule has 0 fully saturated rings. The molecule has 84 valence electrons. The normalized spacial score (nSPS) is 10.4. The summed E-state index contributed by atoms with van der Waals surface area (Å²) in [7, 11) is 1.64. The first kappa shape index (κ1) is 11.2. The lowest BCUT2D eigenvalue weighted by atomic mass is 10.1. The first-order valence-electron chi connectivity index (χ1n) is 4.82. The van der Waals surface area contributed by atoms with Gasteiger partial charge in [-0.15, -0.1) is 0 Å². The van der Waals surface area contributed by atoms with Crippen LogP contribution in [0, 0.1) is 0 Å². The van der Waals surface area contributed by atoms with E-state index in [0.29, 0.717) is 6.54 Å². The zero-order chi connectivity index (χ0) is 11.5. The number of nitrogens with two attached hydrogens (primary N) is 1. The number of methoxy groups -OCH3 is 1. The van der Waals surface area contributed by atoms with Crippen molar-refractivity contribution in [3.05, 3.63) is 34.7 Å². The molecule has 2 aromatic rings. The van der Waals surface area contributed by atoms with Gasteiger partial charge >= 0.3 is 0 Å². The Morgan fingerprint density at radius 3 is 2.94 bits per heavy atom. The van der Waals surface area contributed by atoms with E-state index in [0.717, 1.165) is 27.2 Å². The molecule has 1 heterocycles. The van der Waals surface area contributed by atoms with Gasteiger partial charge in [-0.05, 0) is 34.1 Å². The minimum atomic E-state index is 0.443. The summed E-state index contributed by atoms with van der Waals surface area (Å²) in [6.45, 7) is 0.443. The molecule has 0 aliphatic rings. The average molecular weight is 282 g/mol. The molecule has 5 heteroatoms. The third-order valence-electron chi connectivity index (χ3n) is 2.35. The number of rotatable bonds is 3. The van der Waals surface area contributed by atoms with Gasteiger partial charge in [0.2, 0.25) is 0 Å². The standard InChI is InChI=1S/C11H12BrN3O/c1-16-10-3-2-7(4-8(10)12)11-9(5-13)14-6-15-11/h2-4,6H,5,13H2,1H3,(H,14,15). The Kier molecular flexibility index (Phi) is 3.26. The quantitative estimate of drug-likeness (QED) is 0.908. The molecule has 0 spiro atoms. The van der Waals surface area contributed by atoms with E-state index in [9.17, 15) is 0 Å². The third kappa shape index (κ3) is 1.96. The van der Waals surface area contributed by atoms with Crippen LogP contribution < -0.4 is 10.5 Å². The number of H-pyrrole nitrogens is 1. The number of hydrogen-bond acceptors (Lipinski definition) is 3. The Morgan fingerprint density at radius 2 is 2.31 bits per heavy atom. The van der Waals surface area contributed by atoms with Gasteiger partial charge in [0.1, 0.15) is 5.75 Å². The van der Waals surface area contributed by atoms with Crippen LogP contribution in [0.2, 0.25) is 0 Å². The molecule has 1 aromatic carbocycles. The van der Waals surface area contributed by atoms with Gasteiger partial charge in [0, 0.05) is 12.1 Å². The molecule has 16 heavy (non-hydrogen) atoms. The fourth-order valence-electron chi connectivity index (χ4n) is 1.54. The highest BCUT2D eigenvalue weighted by Crippen LogP contribution is 2.30. The lowest BCUT2D eigenvalue weighted by molar-refractivity contribution is 0.412. The van der Waals surface area contributed by atoms with Crippen molar-refractivity contribution in [2.24, 2.45) is 5.73 Å². The minimum Gasteiger partial charge on any atom is -0.496 e. The summed E-state index contributed by atoms with van der Waals surface area (Å²) >= 11 is 3.45. The van der Waals surface area contributed by atoms with Gasteiger partial charge in [0.05, 0.1) is 29.3 Å². The second kappa shape index (κ2) is 4.67. The van der Waals surface area contributed by atoms with Crippen molar-refractivity contribution in [2.45, 2.75) is 6.54 Å². The first-order valence-corrected chi connectivity index (χ1v) is 5.61. The van der Waals surface area contributed by atoms with Crippen molar-refractivity contribution in [3.63, 3.8) is 0 Å². The number of aromatic nitrogens is 2. The maximum absolute atomic E-state index is 5.62. The number of hydrogen-bond donors (Lipinski definition) is 2. The fourth-order valence-corrected chi connectivity index (χ4v) is 2.08. The van der Waals surface area contributed by atoms with Crippen LogP contribution in [0.3, 0.4) is 0 Å². The second-order valence-electron chi connectivity index (χ2n) is 3.28. The molecular weight excluding hydrogens is 270 g/mol. The van der Waals surface area contributed by atoms with Gasteiger partial charge in [0.25, 0.3) is 0 Å². The molecule has 0 amide bonds. The zero-order valence-electron chi connectivity index (χ0n) is 8.83. The Labute approximate surface area is 102 Å². The van der Waals surface area contributed by atoms with Gasteiger partial charge in [-0.3, -0.25) is 0 Å². The summed E-state index contributed by atoms with van der Waals surface area (Å²) in [6.07, 6.45) is 1.65. The lowest BCUT2D eigenvalue weighted by Crippen LogP contribution is -1.98. The van der Waals surface area contributed by atoms with E-state index >= 15 is 0 Å². The van der Waals surface area contributed by atoms with Crippen LogP contribution in [0.15, 0.2) is 29.0 Å². The van der Waals surface area contributed by atoms with E-state index in [1.807, 2.05) is 18.2 Å². The Morgan fingerprint density at radius 1 is 1.50 bits per heavy atom. The predicted octanol–water partition coefficient (Wildman–Crippen LogP) is 2.31. The van der Waals surface area contributed by atoms with Crippen molar-refractivity contribution >= 4 is 15.9 Å². The summed E-state index contributed by atoms with van der Waals surface area (Å²) in [5.74, 6) is 0.800. The number of nitrogens with zero attached hydrogens (tertiary/aromatic N) is 1. The molecule has 2 rings (SSSR count). The monoisotopic (exact) mass is 281 g/mol. The topological polar surface area (TPSA) is 63.9 Å². The van der Waals surface area contributed by atoms with Crippen LogP contribution in [0.5, 0.6) is 5.75 Å². The molecule has 0 bridgehead atoms.